The van der Waals surface area contributed by atoms with Crippen molar-refractivity contribution < 1.29 is 4.42 Å². The molecule has 11 rings (SSSR count). The van der Waals surface area contributed by atoms with E-state index in [9.17, 15) is 4.79 Å². The molecule has 2 aliphatic rings. The van der Waals surface area contributed by atoms with Gasteiger partial charge >= 0.3 is 5.63 Å². The first kappa shape index (κ1) is 33.1. The maximum absolute atomic E-state index is 13.1. The summed E-state index contributed by atoms with van der Waals surface area (Å²) >= 11 is 0. The van der Waals surface area contributed by atoms with Gasteiger partial charge in [0.05, 0.1) is 5.39 Å². The van der Waals surface area contributed by atoms with E-state index >= 15 is 0 Å². The molecule has 270 valence electrons. The average Bonchev–Trinajstić information content (AvgIpc) is 3.66. The van der Waals surface area contributed by atoms with Crippen LogP contribution in [0.2, 0.25) is 0 Å². The molecule has 0 radical (unpaired) electrons. The van der Waals surface area contributed by atoms with Crippen LogP contribution in [0, 0.1) is 0 Å². The molecule has 0 atom stereocenters. The van der Waals surface area contributed by atoms with Gasteiger partial charge in [-0.3, -0.25) is 0 Å². The highest BCUT2D eigenvalue weighted by Crippen LogP contribution is 2.51. The van der Waals surface area contributed by atoms with Crippen LogP contribution in [0.4, 0.5) is 17.1 Å². The van der Waals surface area contributed by atoms with Crippen molar-refractivity contribution in [1.82, 2.24) is 0 Å². The van der Waals surface area contributed by atoms with Gasteiger partial charge in [-0.1, -0.05) is 136 Å². The van der Waals surface area contributed by atoms with Gasteiger partial charge in [0.2, 0.25) is 0 Å². The Morgan fingerprint density at radius 1 is 0.439 bits per heavy atom. The van der Waals surface area contributed by atoms with Crippen molar-refractivity contribution in [2.45, 2.75) is 19.3 Å². The summed E-state index contributed by atoms with van der Waals surface area (Å²) in [5.74, 6) is 0. The maximum atomic E-state index is 13.1. The van der Waals surface area contributed by atoms with Crippen molar-refractivity contribution >= 4 is 44.4 Å². The minimum Gasteiger partial charge on any atom is -0.422 e. The van der Waals surface area contributed by atoms with Crippen LogP contribution in [-0.4, -0.2) is 0 Å². The highest BCUT2D eigenvalue weighted by atomic mass is 16.4. The van der Waals surface area contributed by atoms with Crippen LogP contribution in [0.5, 0.6) is 0 Å². The number of benzene rings is 8. The number of fused-ring (bicyclic) bond motifs is 9. The van der Waals surface area contributed by atoms with E-state index < -0.39 is 0 Å². The molecule has 8 aromatic carbocycles. The lowest BCUT2D eigenvalue weighted by Crippen LogP contribution is -2.16. The molecular weight excluding hydrogens is 695 g/mol. The van der Waals surface area contributed by atoms with E-state index in [0.29, 0.717) is 11.0 Å². The van der Waals surface area contributed by atoms with Crippen molar-refractivity contribution in [3.05, 3.63) is 215 Å². The third-order valence-electron chi connectivity index (χ3n) is 12.2. The standard InChI is InChI=1S/C54H37NO2/c1-33-41-27-21-37(29-46(41)48-32-47-44-14-8-10-16-52(44)57-53(56)49(47)31-45(33)48)36-19-24-39(25-20-36)55(38-22-17-35(18-23-38)34-11-5-4-6-12-34)40-26-28-43-42-13-7-9-15-50(42)54(2,3)51(43)30-40/h4-32H,1H2,2-3H3. The number of nitrogens with zero attached hydrogens (tertiary/aromatic N) is 1. The molecule has 0 saturated heterocycles. The first-order valence-electron chi connectivity index (χ1n) is 19.5. The molecule has 2 aliphatic carbocycles. The van der Waals surface area contributed by atoms with Gasteiger partial charge in [-0.2, -0.15) is 0 Å². The lowest BCUT2D eigenvalue weighted by molar-refractivity contribution is 0.569. The number of hydrogen-bond donors (Lipinski definition) is 0. The largest absolute Gasteiger partial charge is 0.422 e. The smallest absolute Gasteiger partial charge is 0.344 e. The molecule has 0 saturated carbocycles. The van der Waals surface area contributed by atoms with E-state index in [-0.39, 0.29) is 11.0 Å². The third-order valence-corrected chi connectivity index (χ3v) is 12.2. The topological polar surface area (TPSA) is 33.5 Å². The molecule has 9 aromatic rings. The Bertz CT molecular complexity index is 3170. The van der Waals surface area contributed by atoms with E-state index in [1.807, 2.05) is 30.3 Å². The van der Waals surface area contributed by atoms with E-state index in [1.54, 1.807) is 0 Å². The normalized spacial score (nSPS) is 13.3. The molecule has 1 aromatic heterocycles. The predicted molar refractivity (Wildman–Crippen MR) is 237 cm³/mol. The minimum absolute atomic E-state index is 0.113. The van der Waals surface area contributed by atoms with Crippen molar-refractivity contribution in [3.8, 4) is 44.5 Å². The van der Waals surface area contributed by atoms with Gasteiger partial charge < -0.3 is 9.32 Å². The lowest BCUT2D eigenvalue weighted by Gasteiger charge is -2.28. The summed E-state index contributed by atoms with van der Waals surface area (Å²) in [5.41, 5.74) is 18.6. The third kappa shape index (κ3) is 5.09. The molecule has 3 nitrogen and oxygen atoms in total. The number of para-hydroxylation sites is 1. The molecule has 0 N–H and O–H groups in total. The number of hydrogen-bond acceptors (Lipinski definition) is 3. The van der Waals surface area contributed by atoms with Crippen molar-refractivity contribution in [1.29, 1.82) is 0 Å². The van der Waals surface area contributed by atoms with Crippen LogP contribution in [0.15, 0.2) is 192 Å². The molecule has 0 bridgehead atoms. The van der Waals surface area contributed by atoms with Gasteiger partial charge in [-0.05, 0) is 133 Å². The highest BCUT2D eigenvalue weighted by molar-refractivity contribution is 6.11. The molecule has 1 heterocycles. The number of rotatable bonds is 5. The van der Waals surface area contributed by atoms with Gasteiger partial charge in [0.25, 0.3) is 0 Å². The monoisotopic (exact) mass is 731 g/mol. The molecule has 0 fully saturated rings. The van der Waals surface area contributed by atoms with Gasteiger partial charge in [-0.15, -0.1) is 0 Å². The van der Waals surface area contributed by atoms with E-state index in [0.717, 1.165) is 66.8 Å². The Balaban J connectivity index is 1.00. The van der Waals surface area contributed by atoms with Gasteiger partial charge in [0.15, 0.2) is 0 Å². The zero-order valence-electron chi connectivity index (χ0n) is 31.7. The second-order valence-electron chi connectivity index (χ2n) is 15.8. The molecule has 57 heavy (non-hydrogen) atoms. The summed E-state index contributed by atoms with van der Waals surface area (Å²) in [7, 11) is 0. The Morgan fingerprint density at radius 2 is 1.00 bits per heavy atom. The van der Waals surface area contributed by atoms with Crippen LogP contribution >= 0.6 is 0 Å². The fraction of sp³-hybridized carbons (Fsp3) is 0.0556. The molecular formula is C54H37NO2. The van der Waals surface area contributed by atoms with E-state index in [2.05, 4.69) is 171 Å². The first-order chi connectivity index (χ1) is 27.8. The second kappa shape index (κ2) is 12.4. The summed E-state index contributed by atoms with van der Waals surface area (Å²) in [6.45, 7) is 9.12. The van der Waals surface area contributed by atoms with Crippen molar-refractivity contribution in [2.24, 2.45) is 0 Å². The van der Waals surface area contributed by atoms with Gasteiger partial charge in [0, 0.05) is 33.2 Å². The minimum atomic E-state index is -0.328. The Kier molecular flexibility index (Phi) is 7.20. The van der Waals surface area contributed by atoms with E-state index in [1.165, 1.54) is 33.4 Å². The summed E-state index contributed by atoms with van der Waals surface area (Å²) in [4.78, 5) is 15.4. The highest BCUT2D eigenvalue weighted by Gasteiger charge is 2.35. The quantitative estimate of drug-likeness (QED) is 0.131. The molecule has 3 heteroatoms. The maximum Gasteiger partial charge on any atom is 0.344 e. The zero-order chi connectivity index (χ0) is 38.4. The Hall–Kier alpha value is -7.23. The average molecular weight is 732 g/mol. The SMILES string of the molecule is C=C1c2ccc(-c3ccc(N(c4ccc(-c5ccccc5)cc4)c4ccc5c(c4)C(C)(C)c4ccccc4-5)cc3)cc2-c2cc3c(cc21)c(=O)oc1ccccc13. The first-order valence-corrected chi connectivity index (χ1v) is 19.5. The van der Waals surface area contributed by atoms with Crippen LogP contribution in [0.1, 0.15) is 36.1 Å². The summed E-state index contributed by atoms with van der Waals surface area (Å²) in [5, 5.41) is 2.40. The van der Waals surface area contributed by atoms with Gasteiger partial charge in [0.1, 0.15) is 5.58 Å². The van der Waals surface area contributed by atoms with E-state index in [4.69, 9.17) is 4.42 Å². The van der Waals surface area contributed by atoms with Crippen LogP contribution in [0.3, 0.4) is 0 Å². The molecule has 0 unspecified atom stereocenters. The summed E-state index contributed by atoms with van der Waals surface area (Å²) in [6.07, 6.45) is 0. The molecule has 0 spiro atoms. The number of anilines is 3. The zero-order valence-corrected chi connectivity index (χ0v) is 31.7. The lowest BCUT2D eigenvalue weighted by atomic mass is 9.82. The van der Waals surface area contributed by atoms with Gasteiger partial charge in [-0.25, -0.2) is 4.79 Å². The second-order valence-corrected chi connectivity index (χ2v) is 15.8. The molecule has 0 amide bonds. The fourth-order valence-corrected chi connectivity index (χ4v) is 9.27. The predicted octanol–water partition coefficient (Wildman–Crippen LogP) is 14.1. The summed E-state index contributed by atoms with van der Waals surface area (Å²) in [6, 6.07) is 62.5. The van der Waals surface area contributed by atoms with Crippen molar-refractivity contribution in [3.63, 3.8) is 0 Å². The Labute approximate surface area is 331 Å². The Morgan fingerprint density at radius 3 is 1.77 bits per heavy atom. The van der Waals surface area contributed by atoms with Crippen LogP contribution in [-0.2, 0) is 5.41 Å². The van der Waals surface area contributed by atoms with Crippen LogP contribution < -0.4 is 10.5 Å². The fourth-order valence-electron chi connectivity index (χ4n) is 9.27. The van der Waals surface area contributed by atoms with Crippen LogP contribution in [0.25, 0.3) is 71.8 Å². The van der Waals surface area contributed by atoms with Crippen molar-refractivity contribution in [2.75, 3.05) is 4.90 Å². The molecule has 0 aliphatic heterocycles. The summed E-state index contributed by atoms with van der Waals surface area (Å²) < 4.78 is 5.68.